The number of ether oxygens (including phenoxy) is 1. The Morgan fingerprint density at radius 3 is 2.50 bits per heavy atom. The van der Waals surface area contributed by atoms with Gasteiger partial charge in [-0.15, -0.1) is 11.8 Å². The Hall–Kier alpha value is -3.25. The van der Waals surface area contributed by atoms with Gasteiger partial charge >= 0.3 is 0 Å². The van der Waals surface area contributed by atoms with Gasteiger partial charge in [-0.05, 0) is 48.6 Å². The number of anilines is 1. The molecule has 6 heteroatoms. The fourth-order valence-corrected chi connectivity index (χ4v) is 3.32. The molecule has 0 heterocycles. The van der Waals surface area contributed by atoms with E-state index in [1.807, 2.05) is 60.9 Å². The number of benzene rings is 3. The van der Waals surface area contributed by atoms with Crippen molar-refractivity contribution in [2.45, 2.75) is 11.3 Å². The Labute approximate surface area is 180 Å². The summed E-state index contributed by atoms with van der Waals surface area (Å²) in [5.41, 5.74) is 2.25. The number of carbonyl (C=O) groups is 2. The van der Waals surface area contributed by atoms with Crippen LogP contribution >= 0.6 is 11.8 Å². The summed E-state index contributed by atoms with van der Waals surface area (Å²) in [6.45, 7) is 0.376. The molecule has 3 rings (SSSR count). The van der Waals surface area contributed by atoms with Crippen molar-refractivity contribution in [1.29, 1.82) is 0 Å². The molecule has 0 spiro atoms. The molecular formula is C24H24N2O3S. The SMILES string of the molecule is CSc1cccc(NC(=O)c2ccccc2OCC(=O)NCCc2ccccc2)c1. The second kappa shape index (κ2) is 11.1. The molecule has 0 aliphatic carbocycles. The van der Waals surface area contributed by atoms with Crippen LogP contribution in [0, 0.1) is 0 Å². The van der Waals surface area contributed by atoms with Crippen LogP contribution in [-0.2, 0) is 11.2 Å². The molecule has 0 saturated carbocycles. The molecule has 3 aromatic carbocycles. The molecule has 154 valence electrons. The lowest BCUT2D eigenvalue weighted by molar-refractivity contribution is -0.123. The number of amides is 2. The number of nitrogens with one attached hydrogen (secondary N) is 2. The van der Waals surface area contributed by atoms with Gasteiger partial charge in [0, 0.05) is 17.1 Å². The fourth-order valence-electron chi connectivity index (χ4n) is 2.86. The molecule has 0 radical (unpaired) electrons. The maximum absolute atomic E-state index is 12.7. The normalized spacial score (nSPS) is 10.3. The molecule has 0 bridgehead atoms. The van der Waals surface area contributed by atoms with Gasteiger partial charge in [0.15, 0.2) is 6.61 Å². The van der Waals surface area contributed by atoms with Gasteiger partial charge in [0.2, 0.25) is 0 Å². The number of para-hydroxylation sites is 1. The first kappa shape index (κ1) is 21.5. The van der Waals surface area contributed by atoms with Gasteiger partial charge in [-0.3, -0.25) is 9.59 Å². The largest absolute Gasteiger partial charge is 0.483 e. The van der Waals surface area contributed by atoms with Gasteiger partial charge in [-0.1, -0.05) is 48.5 Å². The van der Waals surface area contributed by atoms with Crippen LogP contribution in [0.25, 0.3) is 0 Å². The van der Waals surface area contributed by atoms with Gasteiger partial charge in [0.05, 0.1) is 5.56 Å². The van der Waals surface area contributed by atoms with Crippen molar-refractivity contribution in [2.75, 3.05) is 24.7 Å². The minimum Gasteiger partial charge on any atom is -0.483 e. The molecule has 0 saturated heterocycles. The second-order valence-corrected chi connectivity index (χ2v) is 7.44. The topological polar surface area (TPSA) is 67.4 Å². The zero-order valence-corrected chi connectivity index (χ0v) is 17.6. The van der Waals surface area contributed by atoms with Crippen molar-refractivity contribution < 1.29 is 14.3 Å². The summed E-state index contributed by atoms with van der Waals surface area (Å²) < 4.78 is 5.63. The lowest BCUT2D eigenvalue weighted by Crippen LogP contribution is -2.30. The summed E-state index contributed by atoms with van der Waals surface area (Å²) in [6.07, 6.45) is 2.73. The maximum Gasteiger partial charge on any atom is 0.259 e. The Morgan fingerprint density at radius 1 is 0.933 bits per heavy atom. The van der Waals surface area contributed by atoms with Crippen LogP contribution < -0.4 is 15.4 Å². The van der Waals surface area contributed by atoms with Crippen LogP contribution in [-0.4, -0.2) is 31.2 Å². The van der Waals surface area contributed by atoms with E-state index in [1.165, 1.54) is 0 Å². The van der Waals surface area contributed by atoms with Gasteiger partial charge in [0.1, 0.15) is 5.75 Å². The summed E-state index contributed by atoms with van der Waals surface area (Å²) in [4.78, 5) is 25.9. The first-order valence-corrected chi connectivity index (χ1v) is 10.9. The number of hydrogen-bond acceptors (Lipinski definition) is 4. The summed E-state index contributed by atoms with van der Waals surface area (Å²) in [5, 5.41) is 5.72. The van der Waals surface area contributed by atoms with Crippen molar-refractivity contribution in [3.8, 4) is 5.75 Å². The van der Waals surface area contributed by atoms with Gasteiger partial charge < -0.3 is 15.4 Å². The van der Waals surface area contributed by atoms with Crippen LogP contribution in [0.5, 0.6) is 5.75 Å². The average molecular weight is 421 g/mol. The van der Waals surface area contributed by atoms with E-state index < -0.39 is 0 Å². The first-order valence-electron chi connectivity index (χ1n) is 9.63. The highest BCUT2D eigenvalue weighted by atomic mass is 32.2. The van der Waals surface area contributed by atoms with E-state index in [9.17, 15) is 9.59 Å². The highest BCUT2D eigenvalue weighted by Crippen LogP contribution is 2.22. The van der Waals surface area contributed by atoms with Gasteiger partial charge in [-0.25, -0.2) is 0 Å². The summed E-state index contributed by atoms with van der Waals surface area (Å²) in [5.74, 6) is -0.142. The minimum absolute atomic E-state index is 0.152. The zero-order chi connectivity index (χ0) is 21.2. The second-order valence-electron chi connectivity index (χ2n) is 6.56. The number of hydrogen-bond donors (Lipinski definition) is 2. The zero-order valence-electron chi connectivity index (χ0n) is 16.8. The summed E-state index contributed by atoms with van der Waals surface area (Å²) >= 11 is 1.60. The highest BCUT2D eigenvalue weighted by molar-refractivity contribution is 7.98. The van der Waals surface area contributed by atoms with E-state index in [0.29, 0.717) is 23.5 Å². The Balaban J connectivity index is 1.54. The third-order valence-corrected chi connectivity index (χ3v) is 5.12. The Morgan fingerprint density at radius 2 is 1.70 bits per heavy atom. The van der Waals surface area contributed by atoms with E-state index in [0.717, 1.165) is 16.9 Å². The number of carbonyl (C=O) groups excluding carboxylic acids is 2. The molecule has 30 heavy (non-hydrogen) atoms. The van der Waals surface area contributed by atoms with Crippen LogP contribution in [0.15, 0.2) is 83.8 Å². The average Bonchev–Trinajstić information content (AvgIpc) is 2.78. The standard InChI is InChI=1S/C24H24N2O3S/c1-30-20-11-7-10-19(16-20)26-24(28)21-12-5-6-13-22(21)29-17-23(27)25-15-14-18-8-3-2-4-9-18/h2-13,16H,14-15,17H2,1H3,(H,25,27)(H,26,28). The van der Waals surface area contributed by atoms with Crippen molar-refractivity contribution in [2.24, 2.45) is 0 Å². The monoisotopic (exact) mass is 420 g/mol. The van der Waals surface area contributed by atoms with Crippen molar-refractivity contribution in [1.82, 2.24) is 5.32 Å². The van der Waals surface area contributed by atoms with Crippen LogP contribution in [0.3, 0.4) is 0 Å². The third kappa shape index (κ3) is 6.39. The molecule has 0 aliphatic rings. The summed E-state index contributed by atoms with van der Waals surface area (Å²) in [7, 11) is 0. The Bertz CT molecular complexity index is 993. The predicted molar refractivity (Wildman–Crippen MR) is 121 cm³/mol. The van der Waals surface area contributed by atoms with Crippen molar-refractivity contribution in [3.05, 3.63) is 90.0 Å². The lowest BCUT2D eigenvalue weighted by atomic mass is 10.1. The van der Waals surface area contributed by atoms with Crippen LogP contribution in [0.1, 0.15) is 15.9 Å². The number of rotatable bonds is 9. The predicted octanol–water partition coefficient (Wildman–Crippen LogP) is 4.40. The van der Waals surface area contributed by atoms with E-state index in [2.05, 4.69) is 10.6 Å². The molecular weight excluding hydrogens is 396 g/mol. The minimum atomic E-state index is -0.284. The molecule has 5 nitrogen and oxygen atoms in total. The maximum atomic E-state index is 12.7. The molecule has 0 atom stereocenters. The van der Waals surface area contributed by atoms with Crippen LogP contribution in [0.2, 0.25) is 0 Å². The number of thioether (sulfide) groups is 1. The van der Waals surface area contributed by atoms with E-state index in [-0.39, 0.29) is 18.4 Å². The van der Waals surface area contributed by atoms with E-state index in [4.69, 9.17) is 4.74 Å². The molecule has 2 N–H and O–H groups in total. The van der Waals surface area contributed by atoms with Gasteiger partial charge in [-0.2, -0.15) is 0 Å². The Kier molecular flexibility index (Phi) is 7.92. The van der Waals surface area contributed by atoms with Crippen LogP contribution in [0.4, 0.5) is 5.69 Å². The quantitative estimate of drug-likeness (QED) is 0.504. The lowest BCUT2D eigenvalue weighted by Gasteiger charge is -2.12. The smallest absolute Gasteiger partial charge is 0.259 e. The molecule has 0 aromatic heterocycles. The highest BCUT2D eigenvalue weighted by Gasteiger charge is 2.14. The van der Waals surface area contributed by atoms with E-state index >= 15 is 0 Å². The van der Waals surface area contributed by atoms with Gasteiger partial charge in [0.25, 0.3) is 11.8 Å². The third-order valence-electron chi connectivity index (χ3n) is 4.40. The summed E-state index contributed by atoms with van der Waals surface area (Å²) in [6, 6.07) is 24.5. The van der Waals surface area contributed by atoms with Crippen molar-refractivity contribution in [3.63, 3.8) is 0 Å². The first-order chi connectivity index (χ1) is 14.7. The van der Waals surface area contributed by atoms with Crippen molar-refractivity contribution >= 4 is 29.3 Å². The molecule has 0 aliphatic heterocycles. The molecule has 0 fully saturated rings. The molecule has 2 amide bonds. The fraction of sp³-hybridized carbons (Fsp3) is 0.167. The molecule has 0 unspecified atom stereocenters. The molecule has 3 aromatic rings. The van der Waals surface area contributed by atoms with E-state index in [1.54, 1.807) is 36.0 Å².